The molecule has 0 aromatic heterocycles. The summed E-state index contributed by atoms with van der Waals surface area (Å²) in [5.41, 5.74) is 0.571. The van der Waals surface area contributed by atoms with Crippen LogP contribution in [0.3, 0.4) is 0 Å². The van der Waals surface area contributed by atoms with Crippen molar-refractivity contribution in [1.29, 1.82) is 0 Å². The molecule has 1 unspecified atom stereocenters. The van der Waals surface area contributed by atoms with Crippen LogP contribution in [-0.2, 0) is 23.9 Å². The van der Waals surface area contributed by atoms with E-state index in [4.69, 9.17) is 9.47 Å². The summed E-state index contributed by atoms with van der Waals surface area (Å²) in [6.45, 7) is 2.42. The molecule has 0 aromatic rings. The Hall–Kier alpha value is -1.95. The number of ether oxygens (including phenoxy) is 2. The zero-order valence-electron chi connectivity index (χ0n) is 13.2. The van der Waals surface area contributed by atoms with Crippen LogP contribution >= 0.6 is 0 Å². The molecular formula is C17H21NO5. The standard InChI is InChI=1S/C17H21NO5/c1-11(17(21)23-10-14-9-22-14)7-12-8-15(19)18(16(12)20)13-5-3-2-4-6-13/h7-8,13-14H,2-6,9-10H2,1H3/b11-7+. The second-order valence-electron chi connectivity index (χ2n) is 6.29. The van der Waals surface area contributed by atoms with Crippen molar-refractivity contribution in [2.24, 2.45) is 0 Å². The van der Waals surface area contributed by atoms with Crippen LogP contribution in [0.15, 0.2) is 23.3 Å². The van der Waals surface area contributed by atoms with Crippen LogP contribution in [0, 0.1) is 0 Å². The van der Waals surface area contributed by atoms with E-state index in [0.717, 1.165) is 32.1 Å². The molecule has 0 spiro atoms. The lowest BCUT2D eigenvalue weighted by atomic mass is 9.94. The highest BCUT2D eigenvalue weighted by molar-refractivity contribution is 6.18. The fourth-order valence-electron chi connectivity index (χ4n) is 3.03. The summed E-state index contributed by atoms with van der Waals surface area (Å²) in [6.07, 6.45) is 7.74. The maximum absolute atomic E-state index is 12.5. The summed E-state index contributed by atoms with van der Waals surface area (Å²) < 4.78 is 10.0. The molecule has 1 saturated heterocycles. The van der Waals surface area contributed by atoms with Gasteiger partial charge in [-0.2, -0.15) is 0 Å². The monoisotopic (exact) mass is 319 g/mol. The van der Waals surface area contributed by atoms with E-state index in [-0.39, 0.29) is 36.1 Å². The minimum Gasteiger partial charge on any atom is -0.459 e. The predicted octanol–water partition coefficient (Wildman–Crippen LogP) is 1.50. The second-order valence-corrected chi connectivity index (χ2v) is 6.29. The number of hydrogen-bond donors (Lipinski definition) is 0. The third kappa shape index (κ3) is 3.69. The number of esters is 1. The fraction of sp³-hybridized carbons (Fsp3) is 0.588. The highest BCUT2D eigenvalue weighted by atomic mass is 16.6. The highest BCUT2D eigenvalue weighted by Crippen LogP contribution is 2.27. The fourth-order valence-corrected chi connectivity index (χ4v) is 3.03. The van der Waals surface area contributed by atoms with Gasteiger partial charge in [-0.15, -0.1) is 0 Å². The van der Waals surface area contributed by atoms with E-state index >= 15 is 0 Å². The summed E-state index contributed by atoms with van der Waals surface area (Å²) >= 11 is 0. The molecule has 124 valence electrons. The van der Waals surface area contributed by atoms with Crippen LogP contribution in [-0.4, -0.2) is 48.0 Å². The summed E-state index contributed by atoms with van der Waals surface area (Å²) in [5.74, 6) is -1.07. The molecule has 0 radical (unpaired) electrons. The Bertz CT molecular complexity index is 582. The zero-order chi connectivity index (χ0) is 16.4. The number of carbonyl (C=O) groups is 3. The molecule has 2 aliphatic heterocycles. The maximum Gasteiger partial charge on any atom is 0.333 e. The van der Waals surface area contributed by atoms with Gasteiger partial charge in [-0.1, -0.05) is 19.3 Å². The van der Waals surface area contributed by atoms with E-state index in [9.17, 15) is 14.4 Å². The van der Waals surface area contributed by atoms with Gasteiger partial charge in [-0.25, -0.2) is 4.79 Å². The SMILES string of the molecule is C/C(=C\C1=CC(=O)N(C2CCCCC2)C1=O)C(=O)OCC1CO1. The van der Waals surface area contributed by atoms with Gasteiger partial charge in [0.1, 0.15) is 12.7 Å². The molecule has 23 heavy (non-hydrogen) atoms. The van der Waals surface area contributed by atoms with Crippen LogP contribution in [0.1, 0.15) is 39.0 Å². The van der Waals surface area contributed by atoms with Crippen LogP contribution in [0.4, 0.5) is 0 Å². The molecule has 3 aliphatic rings. The van der Waals surface area contributed by atoms with E-state index < -0.39 is 5.97 Å². The summed E-state index contributed by atoms with van der Waals surface area (Å²) in [5, 5.41) is 0. The van der Waals surface area contributed by atoms with Crippen LogP contribution in [0.2, 0.25) is 0 Å². The largest absolute Gasteiger partial charge is 0.459 e. The van der Waals surface area contributed by atoms with Crippen molar-refractivity contribution < 1.29 is 23.9 Å². The number of epoxide rings is 1. The van der Waals surface area contributed by atoms with E-state index in [0.29, 0.717) is 12.2 Å². The smallest absolute Gasteiger partial charge is 0.333 e. The zero-order valence-corrected chi connectivity index (χ0v) is 13.2. The van der Waals surface area contributed by atoms with E-state index in [1.165, 1.54) is 17.1 Å². The predicted molar refractivity (Wildman–Crippen MR) is 81.3 cm³/mol. The molecule has 6 heteroatoms. The first-order valence-corrected chi connectivity index (χ1v) is 8.12. The molecule has 6 nitrogen and oxygen atoms in total. The average Bonchev–Trinajstić information content (AvgIpc) is 3.32. The first-order valence-electron chi connectivity index (χ1n) is 8.12. The van der Waals surface area contributed by atoms with Gasteiger partial charge in [0.2, 0.25) is 0 Å². The Kier molecular flexibility index (Phi) is 4.61. The van der Waals surface area contributed by atoms with Crippen LogP contribution in [0.25, 0.3) is 0 Å². The molecule has 3 rings (SSSR count). The minimum atomic E-state index is -0.488. The molecule has 2 amide bonds. The van der Waals surface area contributed by atoms with Crippen molar-refractivity contribution in [2.45, 2.75) is 51.2 Å². The molecule has 2 heterocycles. The quantitative estimate of drug-likeness (QED) is 0.332. The molecule has 1 atom stereocenters. The van der Waals surface area contributed by atoms with Crippen molar-refractivity contribution in [3.8, 4) is 0 Å². The number of rotatable bonds is 5. The molecule has 0 N–H and O–H groups in total. The molecule has 2 fully saturated rings. The molecular weight excluding hydrogens is 298 g/mol. The second kappa shape index (κ2) is 6.66. The molecule has 0 aromatic carbocycles. The first-order chi connectivity index (χ1) is 11.1. The van der Waals surface area contributed by atoms with E-state index in [1.807, 2.05) is 0 Å². The number of imide groups is 1. The number of nitrogens with zero attached hydrogens (tertiary/aromatic N) is 1. The molecule has 1 saturated carbocycles. The van der Waals surface area contributed by atoms with Gasteiger partial charge >= 0.3 is 5.97 Å². The average molecular weight is 319 g/mol. The lowest BCUT2D eigenvalue weighted by Gasteiger charge is -2.29. The topological polar surface area (TPSA) is 76.2 Å². The molecule has 1 aliphatic carbocycles. The maximum atomic E-state index is 12.5. The van der Waals surface area contributed by atoms with Gasteiger partial charge in [0, 0.05) is 23.3 Å². The van der Waals surface area contributed by atoms with Gasteiger partial charge in [-0.3, -0.25) is 14.5 Å². The number of carbonyl (C=O) groups excluding carboxylic acids is 3. The minimum absolute atomic E-state index is 0.00227. The van der Waals surface area contributed by atoms with Gasteiger partial charge in [-0.05, 0) is 25.8 Å². The Morgan fingerprint density at radius 1 is 1.35 bits per heavy atom. The summed E-state index contributed by atoms with van der Waals surface area (Å²) in [4.78, 5) is 37.8. The van der Waals surface area contributed by atoms with Crippen molar-refractivity contribution in [3.05, 3.63) is 23.3 Å². The number of amides is 2. The Morgan fingerprint density at radius 3 is 2.70 bits per heavy atom. The Labute approximate surface area is 135 Å². The van der Waals surface area contributed by atoms with Gasteiger partial charge in [0.05, 0.1) is 6.61 Å². The Balaban J connectivity index is 1.63. The van der Waals surface area contributed by atoms with Gasteiger partial charge < -0.3 is 9.47 Å². The third-order valence-corrected chi connectivity index (χ3v) is 4.42. The van der Waals surface area contributed by atoms with Crippen molar-refractivity contribution >= 4 is 17.8 Å². The molecule has 0 bridgehead atoms. The normalized spacial score (nSPS) is 25.6. The summed E-state index contributed by atoms with van der Waals surface area (Å²) in [7, 11) is 0. The number of hydrogen-bond acceptors (Lipinski definition) is 5. The first kappa shape index (κ1) is 15.9. The van der Waals surface area contributed by atoms with Crippen molar-refractivity contribution in [3.63, 3.8) is 0 Å². The lowest BCUT2D eigenvalue weighted by molar-refractivity contribution is -0.140. The summed E-state index contributed by atoms with van der Waals surface area (Å²) in [6, 6.07) is -0.00910. The van der Waals surface area contributed by atoms with E-state index in [1.54, 1.807) is 6.92 Å². The third-order valence-electron chi connectivity index (χ3n) is 4.42. The van der Waals surface area contributed by atoms with Crippen molar-refractivity contribution in [2.75, 3.05) is 13.2 Å². The van der Waals surface area contributed by atoms with Crippen LogP contribution < -0.4 is 0 Å². The lowest BCUT2D eigenvalue weighted by Crippen LogP contribution is -2.41. The van der Waals surface area contributed by atoms with Crippen molar-refractivity contribution in [1.82, 2.24) is 4.90 Å². The Morgan fingerprint density at radius 2 is 2.04 bits per heavy atom. The van der Waals surface area contributed by atoms with Crippen LogP contribution in [0.5, 0.6) is 0 Å². The highest BCUT2D eigenvalue weighted by Gasteiger charge is 2.36. The van der Waals surface area contributed by atoms with Gasteiger partial charge in [0.15, 0.2) is 0 Å². The van der Waals surface area contributed by atoms with Gasteiger partial charge in [0.25, 0.3) is 11.8 Å². The van der Waals surface area contributed by atoms with E-state index in [2.05, 4.69) is 0 Å².